The highest BCUT2D eigenvalue weighted by Crippen LogP contribution is 2.21. The van der Waals surface area contributed by atoms with Crippen LogP contribution in [0.25, 0.3) is 11.0 Å². The Bertz CT molecular complexity index is 703. The molecular weight excluding hydrogens is 288 g/mol. The maximum atomic E-state index is 11.5. The van der Waals surface area contributed by atoms with Crippen molar-refractivity contribution in [2.24, 2.45) is 5.84 Å². The topological polar surface area (TPSA) is 98.0 Å². The summed E-state index contributed by atoms with van der Waals surface area (Å²) < 4.78 is 23.0. The maximum absolute atomic E-state index is 11.5. The van der Waals surface area contributed by atoms with Gasteiger partial charge in [0.05, 0.1) is 16.8 Å². The number of sulfone groups is 1. The molecule has 114 valence electrons. The van der Waals surface area contributed by atoms with Gasteiger partial charge in [-0.1, -0.05) is 13.0 Å². The number of nitrogens with two attached hydrogens (primary N) is 1. The quantitative estimate of drug-likeness (QED) is 0.592. The van der Waals surface area contributed by atoms with Crippen LogP contribution in [0.15, 0.2) is 30.6 Å². The van der Waals surface area contributed by atoms with E-state index in [1.807, 2.05) is 18.2 Å². The molecule has 0 aliphatic carbocycles. The fourth-order valence-electron chi connectivity index (χ4n) is 2.19. The largest absolute Gasteiger partial charge is 0.271 e. The summed E-state index contributed by atoms with van der Waals surface area (Å²) in [7, 11) is -2.93. The van der Waals surface area contributed by atoms with Crippen LogP contribution in [0.1, 0.15) is 31.4 Å². The average molecular weight is 308 g/mol. The molecule has 0 spiro atoms. The maximum Gasteiger partial charge on any atom is 0.150 e. The number of aromatic nitrogens is 2. The minimum Gasteiger partial charge on any atom is -0.271 e. The molecule has 2 rings (SSSR count). The van der Waals surface area contributed by atoms with Crippen LogP contribution in [0.4, 0.5) is 0 Å². The van der Waals surface area contributed by atoms with Gasteiger partial charge in [0.2, 0.25) is 0 Å². The van der Waals surface area contributed by atoms with Crippen molar-refractivity contribution in [1.82, 2.24) is 15.4 Å². The average Bonchev–Trinajstić information content (AvgIpc) is 2.51. The zero-order chi connectivity index (χ0) is 15.3. The third-order valence-corrected chi connectivity index (χ3v) is 5.28. The van der Waals surface area contributed by atoms with Crippen LogP contribution in [-0.4, -0.2) is 29.9 Å². The zero-order valence-corrected chi connectivity index (χ0v) is 12.8. The molecule has 0 amide bonds. The summed E-state index contributed by atoms with van der Waals surface area (Å²) in [6.07, 6.45) is 4.52. The molecule has 7 heteroatoms. The first kappa shape index (κ1) is 15.8. The van der Waals surface area contributed by atoms with Gasteiger partial charge in [0.1, 0.15) is 9.84 Å². The number of hydrazine groups is 1. The SMILES string of the molecule is CCS(=O)(=O)CCCC(NN)c1ccc2nccnc2c1. The molecule has 1 aromatic heterocycles. The summed E-state index contributed by atoms with van der Waals surface area (Å²) in [4.78, 5) is 8.48. The van der Waals surface area contributed by atoms with E-state index in [1.165, 1.54) is 0 Å². The van der Waals surface area contributed by atoms with Crippen molar-refractivity contribution in [2.45, 2.75) is 25.8 Å². The Morgan fingerprint density at radius 1 is 1.24 bits per heavy atom. The molecular formula is C14H20N4O2S. The van der Waals surface area contributed by atoms with Gasteiger partial charge in [-0.05, 0) is 30.5 Å². The van der Waals surface area contributed by atoms with Crippen molar-refractivity contribution in [3.05, 3.63) is 36.2 Å². The Labute approximate surface area is 124 Å². The standard InChI is InChI=1S/C14H20N4O2S/c1-2-21(19,20)9-3-4-12(18-15)11-5-6-13-14(10-11)17-8-7-16-13/h5-8,10,12,18H,2-4,9,15H2,1H3. The smallest absolute Gasteiger partial charge is 0.150 e. The number of rotatable bonds is 7. The fraction of sp³-hybridized carbons (Fsp3) is 0.429. The monoisotopic (exact) mass is 308 g/mol. The van der Waals surface area contributed by atoms with Crippen molar-refractivity contribution < 1.29 is 8.42 Å². The molecule has 3 N–H and O–H groups in total. The lowest BCUT2D eigenvalue weighted by molar-refractivity contribution is 0.507. The van der Waals surface area contributed by atoms with Crippen molar-refractivity contribution in [2.75, 3.05) is 11.5 Å². The molecule has 1 aromatic carbocycles. The third kappa shape index (κ3) is 4.20. The minimum atomic E-state index is -2.93. The van der Waals surface area contributed by atoms with Crippen LogP contribution >= 0.6 is 0 Å². The molecule has 0 aliphatic heterocycles. The van der Waals surface area contributed by atoms with Gasteiger partial charge >= 0.3 is 0 Å². The third-order valence-electron chi connectivity index (χ3n) is 3.48. The number of nitrogens with one attached hydrogen (secondary N) is 1. The Balaban J connectivity index is 2.08. The fourth-order valence-corrected chi connectivity index (χ4v) is 3.09. The molecule has 0 saturated heterocycles. The van der Waals surface area contributed by atoms with E-state index >= 15 is 0 Å². The summed E-state index contributed by atoms with van der Waals surface area (Å²) in [5, 5.41) is 0. The van der Waals surface area contributed by atoms with Crippen molar-refractivity contribution in [3.63, 3.8) is 0 Å². The number of nitrogens with zero attached hydrogens (tertiary/aromatic N) is 2. The molecule has 1 heterocycles. The van der Waals surface area contributed by atoms with Gasteiger partial charge < -0.3 is 0 Å². The molecule has 0 aliphatic rings. The van der Waals surface area contributed by atoms with E-state index in [0.717, 1.165) is 16.6 Å². The Kier molecular flexibility index (Phi) is 5.22. The van der Waals surface area contributed by atoms with Crippen LogP contribution in [0.5, 0.6) is 0 Å². The van der Waals surface area contributed by atoms with E-state index in [0.29, 0.717) is 12.8 Å². The first-order valence-corrected chi connectivity index (χ1v) is 8.75. The van der Waals surface area contributed by atoms with Gasteiger partial charge in [-0.25, -0.2) is 8.42 Å². The van der Waals surface area contributed by atoms with Gasteiger partial charge in [-0.3, -0.25) is 21.2 Å². The molecule has 21 heavy (non-hydrogen) atoms. The Morgan fingerprint density at radius 2 is 1.95 bits per heavy atom. The Morgan fingerprint density at radius 3 is 2.62 bits per heavy atom. The summed E-state index contributed by atoms with van der Waals surface area (Å²) in [6, 6.07) is 5.67. The van der Waals surface area contributed by atoms with Crippen molar-refractivity contribution in [1.29, 1.82) is 0 Å². The van der Waals surface area contributed by atoms with Crippen LogP contribution < -0.4 is 11.3 Å². The molecule has 1 atom stereocenters. The molecule has 0 fully saturated rings. The number of fused-ring (bicyclic) bond motifs is 1. The first-order valence-electron chi connectivity index (χ1n) is 6.93. The van der Waals surface area contributed by atoms with Gasteiger partial charge in [0, 0.05) is 24.2 Å². The second-order valence-corrected chi connectivity index (χ2v) is 7.38. The second kappa shape index (κ2) is 6.93. The molecule has 0 radical (unpaired) electrons. The molecule has 2 aromatic rings. The lowest BCUT2D eigenvalue weighted by Gasteiger charge is -2.16. The van der Waals surface area contributed by atoms with Crippen molar-refractivity contribution >= 4 is 20.9 Å². The van der Waals surface area contributed by atoms with Crippen LogP contribution in [0, 0.1) is 0 Å². The molecule has 6 nitrogen and oxygen atoms in total. The second-order valence-electron chi connectivity index (χ2n) is 4.90. The summed E-state index contributed by atoms with van der Waals surface area (Å²) >= 11 is 0. The van der Waals surface area contributed by atoms with Gasteiger partial charge in [-0.2, -0.15) is 0 Å². The number of hydrogen-bond donors (Lipinski definition) is 2. The van der Waals surface area contributed by atoms with E-state index in [1.54, 1.807) is 19.3 Å². The minimum absolute atomic E-state index is 0.0940. The lowest BCUT2D eigenvalue weighted by Crippen LogP contribution is -2.28. The molecule has 0 saturated carbocycles. The van der Waals surface area contributed by atoms with Gasteiger partial charge in [0.15, 0.2) is 0 Å². The molecule has 0 bridgehead atoms. The zero-order valence-electron chi connectivity index (χ0n) is 12.0. The predicted molar refractivity (Wildman–Crippen MR) is 83.2 cm³/mol. The first-order chi connectivity index (χ1) is 10.1. The number of benzene rings is 1. The van der Waals surface area contributed by atoms with Crippen LogP contribution in [0.3, 0.4) is 0 Å². The van der Waals surface area contributed by atoms with E-state index in [4.69, 9.17) is 5.84 Å². The molecule has 1 unspecified atom stereocenters. The van der Waals surface area contributed by atoms with E-state index in [2.05, 4.69) is 15.4 Å². The summed E-state index contributed by atoms with van der Waals surface area (Å²) in [5.41, 5.74) is 5.36. The summed E-state index contributed by atoms with van der Waals surface area (Å²) in [6.45, 7) is 1.66. The predicted octanol–water partition coefficient (Wildman–Crippen LogP) is 1.35. The van der Waals surface area contributed by atoms with Crippen LogP contribution in [0.2, 0.25) is 0 Å². The highest BCUT2D eigenvalue weighted by atomic mass is 32.2. The van der Waals surface area contributed by atoms with E-state index in [9.17, 15) is 8.42 Å². The van der Waals surface area contributed by atoms with E-state index in [-0.39, 0.29) is 17.5 Å². The normalized spacial score (nSPS) is 13.4. The van der Waals surface area contributed by atoms with Crippen molar-refractivity contribution in [3.8, 4) is 0 Å². The number of hydrogen-bond acceptors (Lipinski definition) is 6. The summed E-state index contributed by atoms with van der Waals surface area (Å²) in [5.74, 6) is 5.97. The highest BCUT2D eigenvalue weighted by molar-refractivity contribution is 7.91. The highest BCUT2D eigenvalue weighted by Gasteiger charge is 2.13. The van der Waals surface area contributed by atoms with E-state index < -0.39 is 9.84 Å². The van der Waals surface area contributed by atoms with Gasteiger partial charge in [-0.15, -0.1) is 0 Å². The lowest BCUT2D eigenvalue weighted by atomic mass is 10.0. The van der Waals surface area contributed by atoms with Crippen LogP contribution in [-0.2, 0) is 9.84 Å². The van der Waals surface area contributed by atoms with Gasteiger partial charge in [0.25, 0.3) is 0 Å². The Hall–Kier alpha value is -1.57.